The maximum atomic E-state index is 13.2. The Morgan fingerprint density at radius 1 is 1.40 bits per heavy atom. The van der Waals surface area contributed by atoms with Crippen LogP contribution >= 0.6 is 0 Å². The van der Waals surface area contributed by atoms with Gasteiger partial charge in [0.15, 0.2) is 11.6 Å². The number of likely N-dealkylation sites (tertiary alicyclic amines) is 1. The van der Waals surface area contributed by atoms with E-state index in [-0.39, 0.29) is 11.8 Å². The van der Waals surface area contributed by atoms with E-state index < -0.39 is 17.7 Å². The molecule has 1 aliphatic rings. The van der Waals surface area contributed by atoms with Gasteiger partial charge in [0.1, 0.15) is 0 Å². The van der Waals surface area contributed by atoms with Crippen LogP contribution in [0.3, 0.4) is 0 Å². The average molecular weight is 283 g/mol. The predicted octanol–water partition coefficient (Wildman–Crippen LogP) is 1.16. The van der Waals surface area contributed by atoms with Crippen LogP contribution in [0.25, 0.3) is 0 Å². The van der Waals surface area contributed by atoms with Crippen LogP contribution in [0, 0.1) is 17.6 Å². The fourth-order valence-electron chi connectivity index (χ4n) is 2.58. The van der Waals surface area contributed by atoms with Gasteiger partial charge < -0.3 is 16.4 Å². The fraction of sp³-hybridized carbons (Fsp3) is 0.500. The summed E-state index contributed by atoms with van der Waals surface area (Å²) in [7, 11) is 0. The summed E-state index contributed by atoms with van der Waals surface area (Å²) in [4.78, 5) is 13.3. The third-order valence-corrected chi connectivity index (χ3v) is 3.73. The Morgan fingerprint density at radius 3 is 2.80 bits per heavy atom. The van der Waals surface area contributed by atoms with E-state index in [1.54, 1.807) is 0 Å². The number of piperidine rings is 1. The molecule has 1 aromatic carbocycles. The summed E-state index contributed by atoms with van der Waals surface area (Å²) in [6, 6.07) is 3.26. The predicted molar refractivity (Wildman–Crippen MR) is 71.6 cm³/mol. The second-order valence-electron chi connectivity index (χ2n) is 5.28. The minimum atomic E-state index is -0.897. The molecule has 110 valence electrons. The number of hydrogen-bond acceptors (Lipinski definition) is 3. The molecule has 2 atom stereocenters. The first kappa shape index (κ1) is 14.9. The van der Waals surface area contributed by atoms with E-state index in [0.717, 1.165) is 31.5 Å². The first-order valence-electron chi connectivity index (χ1n) is 6.69. The van der Waals surface area contributed by atoms with Crippen LogP contribution in [0.5, 0.6) is 0 Å². The van der Waals surface area contributed by atoms with Crippen LogP contribution in [-0.4, -0.2) is 30.4 Å². The first-order valence-corrected chi connectivity index (χ1v) is 6.69. The first-order chi connectivity index (χ1) is 9.47. The van der Waals surface area contributed by atoms with Gasteiger partial charge in [0.25, 0.3) is 0 Å². The van der Waals surface area contributed by atoms with Crippen LogP contribution in [0.15, 0.2) is 18.2 Å². The second-order valence-corrected chi connectivity index (χ2v) is 5.28. The normalized spacial score (nSPS) is 21.6. The molecule has 0 aliphatic carbocycles. The second kappa shape index (κ2) is 6.28. The van der Waals surface area contributed by atoms with Crippen LogP contribution in [0.4, 0.5) is 8.78 Å². The van der Waals surface area contributed by atoms with Crippen LogP contribution in [0.2, 0.25) is 0 Å². The van der Waals surface area contributed by atoms with Crippen LogP contribution in [-0.2, 0) is 4.79 Å². The smallest absolute Gasteiger partial charge is 0.221 e. The highest BCUT2D eigenvalue weighted by Gasteiger charge is 2.25. The minimum Gasteiger partial charge on any atom is -0.369 e. The summed E-state index contributed by atoms with van der Waals surface area (Å²) in [6.45, 7) is 1.91. The molecule has 1 fully saturated rings. The maximum absolute atomic E-state index is 13.2. The summed E-state index contributed by atoms with van der Waals surface area (Å²) in [5.41, 5.74) is 11.9. The van der Waals surface area contributed by atoms with Gasteiger partial charge in [-0.3, -0.25) is 4.79 Å². The minimum absolute atomic E-state index is 0.152. The van der Waals surface area contributed by atoms with Crippen molar-refractivity contribution >= 4 is 5.91 Å². The van der Waals surface area contributed by atoms with Crippen molar-refractivity contribution in [1.82, 2.24) is 4.90 Å². The number of carbonyl (C=O) groups excluding carboxylic acids is 1. The summed E-state index contributed by atoms with van der Waals surface area (Å²) in [5.74, 6) is -2.23. The molecule has 0 radical (unpaired) electrons. The largest absolute Gasteiger partial charge is 0.369 e. The molecular formula is C14H19F2N3O. The topological polar surface area (TPSA) is 72.4 Å². The Hall–Kier alpha value is -1.53. The summed E-state index contributed by atoms with van der Waals surface area (Å²) in [5, 5.41) is 0. The number of amides is 1. The highest BCUT2D eigenvalue weighted by molar-refractivity contribution is 5.76. The van der Waals surface area contributed by atoms with Gasteiger partial charge in [-0.15, -0.1) is 0 Å². The molecule has 4 nitrogen and oxygen atoms in total. The van der Waals surface area contributed by atoms with Crippen molar-refractivity contribution in [2.75, 3.05) is 19.6 Å². The number of benzene rings is 1. The highest BCUT2D eigenvalue weighted by Crippen LogP contribution is 2.20. The molecule has 2 rings (SSSR count). The number of primary amides is 1. The molecule has 1 saturated heterocycles. The number of nitrogens with two attached hydrogens (primary N) is 2. The van der Waals surface area contributed by atoms with Gasteiger partial charge in [-0.1, -0.05) is 6.07 Å². The van der Waals surface area contributed by atoms with Crippen molar-refractivity contribution in [3.63, 3.8) is 0 Å². The molecule has 1 heterocycles. The number of rotatable bonds is 4. The number of carbonyl (C=O) groups is 1. The van der Waals surface area contributed by atoms with Gasteiger partial charge >= 0.3 is 0 Å². The third kappa shape index (κ3) is 3.52. The van der Waals surface area contributed by atoms with Gasteiger partial charge in [-0.25, -0.2) is 8.78 Å². The molecule has 4 N–H and O–H groups in total. The van der Waals surface area contributed by atoms with Gasteiger partial charge in [-0.2, -0.15) is 0 Å². The van der Waals surface area contributed by atoms with E-state index in [0.29, 0.717) is 18.7 Å². The zero-order chi connectivity index (χ0) is 14.7. The average Bonchev–Trinajstić information content (AvgIpc) is 2.42. The van der Waals surface area contributed by atoms with Crippen molar-refractivity contribution in [2.24, 2.45) is 17.4 Å². The lowest BCUT2D eigenvalue weighted by Gasteiger charge is -2.32. The highest BCUT2D eigenvalue weighted by atomic mass is 19.2. The summed E-state index contributed by atoms with van der Waals surface area (Å²) in [6.07, 6.45) is 1.68. The summed E-state index contributed by atoms with van der Waals surface area (Å²) < 4.78 is 26.1. The van der Waals surface area contributed by atoms with Crippen LogP contribution in [0.1, 0.15) is 24.4 Å². The molecule has 20 heavy (non-hydrogen) atoms. The standard InChI is InChI=1S/C14H19F2N3O/c15-11-4-3-9(6-12(11)16)13(17)8-19-5-1-2-10(7-19)14(18)20/h3-4,6,10,13H,1-2,5,7-8,17H2,(H2,18,20). The van der Waals surface area contributed by atoms with E-state index in [2.05, 4.69) is 0 Å². The van der Waals surface area contributed by atoms with Gasteiger partial charge in [0.05, 0.1) is 5.92 Å². The number of halogens is 2. The molecular weight excluding hydrogens is 264 g/mol. The van der Waals surface area contributed by atoms with E-state index in [9.17, 15) is 13.6 Å². The molecule has 1 aromatic rings. The monoisotopic (exact) mass is 283 g/mol. The van der Waals surface area contributed by atoms with Crippen molar-refractivity contribution in [1.29, 1.82) is 0 Å². The molecule has 0 bridgehead atoms. The molecule has 0 spiro atoms. The van der Waals surface area contributed by atoms with Crippen molar-refractivity contribution in [3.05, 3.63) is 35.4 Å². The number of hydrogen-bond donors (Lipinski definition) is 2. The Balaban J connectivity index is 1.98. The lowest BCUT2D eigenvalue weighted by molar-refractivity contribution is -0.123. The fourth-order valence-corrected chi connectivity index (χ4v) is 2.58. The Bertz CT molecular complexity index is 495. The quantitative estimate of drug-likeness (QED) is 0.871. The molecule has 6 heteroatoms. The Morgan fingerprint density at radius 2 is 2.15 bits per heavy atom. The third-order valence-electron chi connectivity index (χ3n) is 3.73. The Kier molecular flexibility index (Phi) is 4.67. The van der Waals surface area contributed by atoms with Crippen molar-refractivity contribution < 1.29 is 13.6 Å². The zero-order valence-corrected chi connectivity index (χ0v) is 11.2. The SMILES string of the molecule is NC(=O)C1CCCN(CC(N)c2ccc(F)c(F)c2)C1. The maximum Gasteiger partial charge on any atom is 0.221 e. The van der Waals surface area contributed by atoms with Gasteiger partial charge in [0, 0.05) is 19.1 Å². The van der Waals surface area contributed by atoms with Gasteiger partial charge in [-0.05, 0) is 37.1 Å². The molecule has 1 aliphatic heterocycles. The van der Waals surface area contributed by atoms with Crippen molar-refractivity contribution in [3.8, 4) is 0 Å². The molecule has 0 aromatic heterocycles. The van der Waals surface area contributed by atoms with E-state index in [1.165, 1.54) is 6.07 Å². The van der Waals surface area contributed by atoms with Crippen LogP contribution < -0.4 is 11.5 Å². The van der Waals surface area contributed by atoms with Crippen molar-refractivity contribution in [2.45, 2.75) is 18.9 Å². The van der Waals surface area contributed by atoms with E-state index in [4.69, 9.17) is 11.5 Å². The lowest BCUT2D eigenvalue weighted by atomic mass is 9.96. The zero-order valence-electron chi connectivity index (χ0n) is 11.2. The number of nitrogens with zero attached hydrogens (tertiary/aromatic N) is 1. The lowest BCUT2D eigenvalue weighted by Crippen LogP contribution is -2.43. The molecule has 2 unspecified atom stereocenters. The molecule has 1 amide bonds. The summed E-state index contributed by atoms with van der Waals surface area (Å²) >= 11 is 0. The molecule has 0 saturated carbocycles. The van der Waals surface area contributed by atoms with E-state index >= 15 is 0 Å². The Labute approximate surface area is 116 Å². The van der Waals surface area contributed by atoms with Gasteiger partial charge in [0.2, 0.25) is 5.91 Å². The van der Waals surface area contributed by atoms with E-state index in [1.807, 2.05) is 4.90 Å².